The molecule has 2 nitrogen and oxygen atoms in total. The average Bonchev–Trinajstić information content (AvgIpc) is 2.49. The minimum atomic E-state index is -1.91. The highest BCUT2D eigenvalue weighted by atomic mass is 28.4. The predicted molar refractivity (Wildman–Crippen MR) is 129 cm³/mol. The Kier molecular flexibility index (Phi) is 7.69. The molecule has 0 aliphatic heterocycles. The molecule has 26 heavy (non-hydrogen) atoms. The molecule has 0 amide bonds. The van der Waals surface area contributed by atoms with Crippen LogP contribution in [0.1, 0.15) is 47.1 Å². The van der Waals surface area contributed by atoms with Gasteiger partial charge in [0.05, 0.1) is 0 Å². The zero-order valence-corrected chi connectivity index (χ0v) is 23.6. The van der Waals surface area contributed by atoms with Crippen LogP contribution in [0.3, 0.4) is 0 Å². The lowest BCUT2D eigenvalue weighted by Gasteiger charge is -2.32. The highest BCUT2D eigenvalue weighted by Crippen LogP contribution is 2.24. The van der Waals surface area contributed by atoms with Crippen molar-refractivity contribution in [3.05, 3.63) is 30.3 Å². The standard InChI is InChI=1S/C20H40O2Si4/c1-12-16-13-17(25(8,9)21-23-19(2,3)4)15-18(14-16)26(10,11)22-24-20(5,6)7/h12-15H,1,23-24H2,2-11H3. The van der Waals surface area contributed by atoms with E-state index in [1.807, 2.05) is 6.08 Å². The Bertz CT molecular complexity index is 577. The molecule has 0 unspecified atom stereocenters. The van der Waals surface area contributed by atoms with Crippen molar-refractivity contribution in [1.29, 1.82) is 0 Å². The van der Waals surface area contributed by atoms with Crippen molar-refractivity contribution in [2.45, 2.75) is 77.8 Å². The van der Waals surface area contributed by atoms with Crippen molar-refractivity contribution >= 4 is 52.6 Å². The van der Waals surface area contributed by atoms with Crippen molar-refractivity contribution < 1.29 is 8.23 Å². The summed E-state index contributed by atoms with van der Waals surface area (Å²) >= 11 is 0. The monoisotopic (exact) mass is 424 g/mol. The largest absolute Gasteiger partial charge is 0.457 e. The first-order valence-electron chi connectivity index (χ1n) is 9.62. The van der Waals surface area contributed by atoms with Crippen LogP contribution in [-0.2, 0) is 8.23 Å². The summed E-state index contributed by atoms with van der Waals surface area (Å²) in [6, 6.07) is 6.95. The van der Waals surface area contributed by atoms with E-state index in [1.165, 1.54) is 15.9 Å². The summed E-state index contributed by atoms with van der Waals surface area (Å²) in [6.45, 7) is 27.1. The molecular weight excluding hydrogens is 385 g/mol. The third-order valence-electron chi connectivity index (χ3n) is 4.31. The van der Waals surface area contributed by atoms with Crippen molar-refractivity contribution in [3.63, 3.8) is 0 Å². The van der Waals surface area contributed by atoms with Crippen LogP contribution in [0.4, 0.5) is 0 Å². The molecule has 148 valence electrons. The molecule has 0 aliphatic carbocycles. The molecule has 0 saturated heterocycles. The van der Waals surface area contributed by atoms with Crippen LogP contribution in [0.25, 0.3) is 6.08 Å². The Hall–Kier alpha value is -0.252. The van der Waals surface area contributed by atoms with Crippen LogP contribution < -0.4 is 10.4 Å². The first-order valence-corrected chi connectivity index (χ1v) is 18.0. The van der Waals surface area contributed by atoms with E-state index in [4.69, 9.17) is 8.23 Å². The Labute approximate surface area is 168 Å². The van der Waals surface area contributed by atoms with E-state index < -0.39 is 36.2 Å². The van der Waals surface area contributed by atoms with Gasteiger partial charge < -0.3 is 8.23 Å². The zero-order chi connectivity index (χ0) is 20.4. The third-order valence-corrected chi connectivity index (χ3v) is 16.3. The van der Waals surface area contributed by atoms with E-state index >= 15 is 0 Å². The molecular formula is C20H40O2Si4. The fourth-order valence-corrected chi connectivity index (χ4v) is 12.3. The SMILES string of the molecule is C=Cc1cc([Si](C)(C)O[SiH2]C(C)(C)C)cc([Si](C)(C)O[SiH2]C(C)(C)C)c1. The van der Waals surface area contributed by atoms with Gasteiger partial charge >= 0.3 is 0 Å². The molecule has 0 fully saturated rings. The van der Waals surface area contributed by atoms with E-state index in [9.17, 15) is 0 Å². The summed E-state index contributed by atoms with van der Waals surface area (Å²) < 4.78 is 13.2. The van der Waals surface area contributed by atoms with Crippen LogP contribution in [0.5, 0.6) is 0 Å². The molecule has 0 bridgehead atoms. The fourth-order valence-electron chi connectivity index (χ4n) is 2.43. The minimum absolute atomic E-state index is 0.318. The van der Waals surface area contributed by atoms with Gasteiger partial charge in [0.15, 0.2) is 19.5 Å². The van der Waals surface area contributed by atoms with Crippen molar-refractivity contribution in [2.75, 3.05) is 0 Å². The first-order chi connectivity index (χ1) is 11.6. The quantitative estimate of drug-likeness (QED) is 0.620. The predicted octanol–water partition coefficient (Wildman–Crippen LogP) is 3.79. The molecule has 0 heterocycles. The highest BCUT2D eigenvalue weighted by Gasteiger charge is 2.32. The molecule has 0 saturated carbocycles. The molecule has 6 heteroatoms. The minimum Gasteiger partial charge on any atom is -0.457 e. The van der Waals surface area contributed by atoms with E-state index in [-0.39, 0.29) is 0 Å². The van der Waals surface area contributed by atoms with Crippen molar-refractivity contribution in [2.24, 2.45) is 0 Å². The smallest absolute Gasteiger partial charge is 0.205 e. The molecule has 0 aliphatic rings. The van der Waals surface area contributed by atoms with Gasteiger partial charge in [-0.1, -0.05) is 72.4 Å². The van der Waals surface area contributed by atoms with E-state index in [0.717, 1.165) is 0 Å². The van der Waals surface area contributed by atoms with Gasteiger partial charge in [0.2, 0.25) is 16.6 Å². The molecule has 0 spiro atoms. The van der Waals surface area contributed by atoms with Crippen molar-refractivity contribution in [1.82, 2.24) is 0 Å². The number of hydrogen-bond acceptors (Lipinski definition) is 2. The maximum atomic E-state index is 6.59. The summed E-state index contributed by atoms with van der Waals surface area (Å²) in [4.78, 5) is 0. The van der Waals surface area contributed by atoms with Crippen LogP contribution in [-0.4, -0.2) is 36.2 Å². The van der Waals surface area contributed by atoms with Gasteiger partial charge in [0, 0.05) is 0 Å². The lowest BCUT2D eigenvalue weighted by molar-refractivity contribution is 0.549. The van der Waals surface area contributed by atoms with Crippen LogP contribution in [0.15, 0.2) is 24.8 Å². The summed E-state index contributed by atoms with van der Waals surface area (Å²) in [6.07, 6.45) is 1.96. The first kappa shape index (κ1) is 23.8. The highest BCUT2D eigenvalue weighted by molar-refractivity contribution is 6.90. The normalized spacial score (nSPS) is 14.7. The molecule has 0 radical (unpaired) electrons. The molecule has 0 aromatic heterocycles. The molecule has 1 rings (SSSR count). The van der Waals surface area contributed by atoms with Gasteiger partial charge in [0.25, 0.3) is 0 Å². The second kappa shape index (κ2) is 8.41. The van der Waals surface area contributed by atoms with Gasteiger partial charge in [-0.3, -0.25) is 0 Å². The van der Waals surface area contributed by atoms with Crippen LogP contribution >= 0.6 is 0 Å². The van der Waals surface area contributed by atoms with E-state index in [0.29, 0.717) is 10.1 Å². The Morgan fingerprint density at radius 2 is 1.12 bits per heavy atom. The summed E-state index contributed by atoms with van der Waals surface area (Å²) in [5.74, 6) is 0. The molecule has 1 aromatic carbocycles. The number of benzene rings is 1. The Morgan fingerprint density at radius 3 is 1.38 bits per heavy atom. The summed E-state index contributed by atoms with van der Waals surface area (Å²) in [5, 5.41) is 3.39. The van der Waals surface area contributed by atoms with Gasteiger partial charge in [0.1, 0.15) is 0 Å². The molecule has 0 atom stereocenters. The lowest BCUT2D eigenvalue weighted by atomic mass is 10.2. The maximum absolute atomic E-state index is 6.59. The molecule has 1 aromatic rings. The third kappa shape index (κ3) is 7.78. The second-order valence-corrected chi connectivity index (χ2v) is 25.1. The molecule has 0 N–H and O–H groups in total. The van der Waals surface area contributed by atoms with Crippen LogP contribution in [0.2, 0.25) is 36.3 Å². The van der Waals surface area contributed by atoms with Crippen LogP contribution in [0, 0.1) is 0 Å². The van der Waals surface area contributed by atoms with E-state index in [2.05, 4.69) is 92.5 Å². The van der Waals surface area contributed by atoms with Gasteiger partial charge in [-0.2, -0.15) is 0 Å². The Balaban J connectivity index is 3.20. The summed E-state index contributed by atoms with van der Waals surface area (Å²) in [7, 11) is -4.97. The maximum Gasteiger partial charge on any atom is 0.205 e. The van der Waals surface area contributed by atoms with Crippen molar-refractivity contribution in [3.8, 4) is 0 Å². The Morgan fingerprint density at radius 1 is 0.769 bits per heavy atom. The van der Waals surface area contributed by atoms with Gasteiger partial charge in [-0.25, -0.2) is 0 Å². The average molecular weight is 425 g/mol. The lowest BCUT2D eigenvalue weighted by Crippen LogP contribution is -2.52. The number of rotatable bonds is 7. The zero-order valence-electron chi connectivity index (χ0n) is 18.7. The fraction of sp³-hybridized carbons (Fsp3) is 0.600. The number of hydrogen-bond donors (Lipinski definition) is 0. The topological polar surface area (TPSA) is 18.5 Å². The van der Waals surface area contributed by atoms with E-state index in [1.54, 1.807) is 0 Å². The second-order valence-electron chi connectivity index (χ2n) is 10.8. The van der Waals surface area contributed by atoms with Gasteiger partial charge in [-0.15, -0.1) is 0 Å². The summed E-state index contributed by atoms with van der Waals surface area (Å²) in [5.41, 5.74) is 1.20. The van der Waals surface area contributed by atoms with Gasteiger partial charge in [-0.05, 0) is 52.2 Å².